The second kappa shape index (κ2) is 10.0. The van der Waals surface area contributed by atoms with E-state index in [2.05, 4.69) is 19.9 Å². The molecule has 0 aliphatic carbocycles. The highest BCUT2D eigenvalue weighted by Gasteiger charge is 2.29. The number of ether oxygens (including phenoxy) is 2. The van der Waals surface area contributed by atoms with Gasteiger partial charge in [-0.2, -0.15) is 0 Å². The van der Waals surface area contributed by atoms with Crippen LogP contribution in [0.5, 0.6) is 0 Å². The van der Waals surface area contributed by atoms with E-state index in [0.717, 1.165) is 19.5 Å². The maximum Gasteiger partial charge on any atom is 0.508 e. The summed E-state index contributed by atoms with van der Waals surface area (Å²) in [6.45, 7) is 6.98. The minimum absolute atomic E-state index is 0.368. The van der Waals surface area contributed by atoms with Gasteiger partial charge in [0.05, 0.1) is 13.3 Å². The maximum atomic E-state index is 10.8. The molecule has 6 nitrogen and oxygen atoms in total. The summed E-state index contributed by atoms with van der Waals surface area (Å²) in [7, 11) is 1.32. The van der Waals surface area contributed by atoms with Crippen molar-refractivity contribution < 1.29 is 14.3 Å². The first kappa shape index (κ1) is 17.5. The molecule has 1 unspecified atom stereocenters. The lowest BCUT2D eigenvalue weighted by Crippen LogP contribution is -2.53. The Kier molecular flexibility index (Phi) is 7.98. The fourth-order valence-electron chi connectivity index (χ4n) is 3.51. The van der Waals surface area contributed by atoms with Crippen LogP contribution < -0.4 is 5.32 Å². The lowest BCUT2D eigenvalue weighted by atomic mass is 10.1. The summed E-state index contributed by atoms with van der Waals surface area (Å²) in [5, 5.41) is 3.32. The molecule has 1 N–H and O–H groups in total. The molecule has 2 fully saturated rings. The van der Waals surface area contributed by atoms with E-state index in [1.54, 1.807) is 0 Å². The van der Waals surface area contributed by atoms with Crippen LogP contribution in [0.3, 0.4) is 0 Å². The van der Waals surface area contributed by atoms with Gasteiger partial charge in [-0.15, -0.1) is 0 Å². The number of rotatable bonds is 7. The topological polar surface area (TPSA) is 54.0 Å². The fraction of sp³-hybridized carbons (Fsp3) is 0.938. The third-order valence-electron chi connectivity index (χ3n) is 4.61. The SMILES string of the molecule is COC(=O)OCCNCCCN1CCCN2CCCCCC21. The average Bonchev–Trinajstić information content (AvgIpc) is 2.79. The molecular formula is C16H31N3O3. The molecule has 2 aliphatic rings. The number of methoxy groups -OCH3 is 1. The van der Waals surface area contributed by atoms with Crippen molar-refractivity contribution in [2.45, 2.75) is 44.7 Å². The standard InChI is InChI=1S/C16H31N3O3/c1-21-16(20)22-14-9-17-8-5-11-19-13-6-12-18-10-4-2-3-7-15(18)19/h15,17H,2-14H2,1H3. The lowest BCUT2D eigenvalue weighted by molar-refractivity contribution is 0.00465. The zero-order valence-electron chi connectivity index (χ0n) is 13.9. The predicted molar refractivity (Wildman–Crippen MR) is 85.9 cm³/mol. The first-order valence-corrected chi connectivity index (χ1v) is 8.71. The van der Waals surface area contributed by atoms with Crippen LogP contribution in [-0.4, -0.2) is 75.1 Å². The van der Waals surface area contributed by atoms with Crippen molar-refractivity contribution in [2.24, 2.45) is 0 Å². The van der Waals surface area contributed by atoms with Crippen LogP contribution in [0, 0.1) is 0 Å². The second-order valence-corrected chi connectivity index (χ2v) is 6.16. The van der Waals surface area contributed by atoms with Crippen molar-refractivity contribution in [3.63, 3.8) is 0 Å². The molecule has 2 rings (SSSR count). The Morgan fingerprint density at radius 1 is 1.14 bits per heavy atom. The molecule has 2 saturated heterocycles. The fourth-order valence-corrected chi connectivity index (χ4v) is 3.51. The van der Waals surface area contributed by atoms with Crippen molar-refractivity contribution in [1.29, 1.82) is 0 Å². The lowest BCUT2D eigenvalue weighted by Gasteiger charge is -2.43. The van der Waals surface area contributed by atoms with Gasteiger partial charge in [-0.3, -0.25) is 9.80 Å². The Morgan fingerprint density at radius 2 is 2.00 bits per heavy atom. The number of nitrogens with zero attached hydrogens (tertiary/aromatic N) is 2. The number of carbonyl (C=O) groups is 1. The highest BCUT2D eigenvalue weighted by atomic mass is 16.7. The van der Waals surface area contributed by atoms with Crippen molar-refractivity contribution in [1.82, 2.24) is 15.1 Å². The van der Waals surface area contributed by atoms with Crippen LogP contribution in [0.4, 0.5) is 4.79 Å². The molecule has 0 amide bonds. The van der Waals surface area contributed by atoms with Gasteiger partial charge in [0.15, 0.2) is 0 Å². The minimum atomic E-state index is -0.608. The van der Waals surface area contributed by atoms with E-state index in [0.29, 0.717) is 19.3 Å². The minimum Gasteiger partial charge on any atom is -0.438 e. The highest BCUT2D eigenvalue weighted by molar-refractivity contribution is 5.59. The van der Waals surface area contributed by atoms with Gasteiger partial charge in [-0.1, -0.05) is 12.8 Å². The number of hydrogen-bond donors (Lipinski definition) is 1. The predicted octanol–water partition coefficient (Wildman–Crippen LogP) is 1.66. The molecule has 1 atom stereocenters. The first-order chi connectivity index (χ1) is 10.8. The molecule has 0 aromatic rings. The van der Waals surface area contributed by atoms with Crippen LogP contribution in [0.25, 0.3) is 0 Å². The zero-order chi connectivity index (χ0) is 15.6. The summed E-state index contributed by atoms with van der Waals surface area (Å²) in [5.41, 5.74) is 0. The van der Waals surface area contributed by atoms with Crippen LogP contribution >= 0.6 is 0 Å². The van der Waals surface area contributed by atoms with Crippen LogP contribution in [-0.2, 0) is 9.47 Å². The summed E-state index contributed by atoms with van der Waals surface area (Å²) in [5.74, 6) is 0. The van der Waals surface area contributed by atoms with Gasteiger partial charge in [0, 0.05) is 26.2 Å². The van der Waals surface area contributed by atoms with Crippen molar-refractivity contribution in [2.75, 3.05) is 53.0 Å². The zero-order valence-corrected chi connectivity index (χ0v) is 13.9. The summed E-state index contributed by atoms with van der Waals surface area (Å²) >= 11 is 0. The molecule has 0 bridgehead atoms. The number of nitrogens with one attached hydrogen (secondary N) is 1. The first-order valence-electron chi connectivity index (χ1n) is 8.71. The Morgan fingerprint density at radius 3 is 2.86 bits per heavy atom. The summed E-state index contributed by atoms with van der Waals surface area (Å²) in [6, 6.07) is 0. The third-order valence-corrected chi connectivity index (χ3v) is 4.61. The van der Waals surface area contributed by atoms with E-state index >= 15 is 0 Å². The summed E-state index contributed by atoms with van der Waals surface area (Å²) in [4.78, 5) is 16.1. The highest BCUT2D eigenvalue weighted by Crippen LogP contribution is 2.23. The molecule has 0 spiro atoms. The molecule has 0 saturated carbocycles. The van der Waals surface area contributed by atoms with Gasteiger partial charge in [0.1, 0.15) is 6.61 Å². The summed E-state index contributed by atoms with van der Waals surface area (Å²) in [6.07, 6.45) is 7.98. The van der Waals surface area contributed by atoms with E-state index in [-0.39, 0.29) is 0 Å². The van der Waals surface area contributed by atoms with E-state index in [1.807, 2.05) is 0 Å². The van der Waals surface area contributed by atoms with Crippen LogP contribution in [0.15, 0.2) is 0 Å². The molecule has 6 heteroatoms. The van der Waals surface area contributed by atoms with Crippen LogP contribution in [0.2, 0.25) is 0 Å². The van der Waals surface area contributed by atoms with E-state index < -0.39 is 6.16 Å². The molecule has 2 aliphatic heterocycles. The third kappa shape index (κ3) is 5.74. The number of fused-ring (bicyclic) bond motifs is 1. The van der Waals surface area contributed by atoms with E-state index in [9.17, 15) is 4.79 Å². The van der Waals surface area contributed by atoms with Crippen molar-refractivity contribution >= 4 is 6.16 Å². The van der Waals surface area contributed by atoms with Gasteiger partial charge in [0.2, 0.25) is 0 Å². The van der Waals surface area contributed by atoms with E-state index in [4.69, 9.17) is 4.74 Å². The average molecular weight is 313 g/mol. The molecular weight excluding hydrogens is 282 g/mol. The van der Waals surface area contributed by atoms with Gasteiger partial charge in [0.25, 0.3) is 0 Å². The second-order valence-electron chi connectivity index (χ2n) is 6.16. The Bertz CT molecular complexity index is 328. The number of carbonyl (C=O) groups excluding carboxylic acids is 1. The molecule has 22 heavy (non-hydrogen) atoms. The maximum absolute atomic E-state index is 10.8. The molecule has 0 aromatic heterocycles. The van der Waals surface area contributed by atoms with Gasteiger partial charge < -0.3 is 14.8 Å². The molecule has 128 valence electrons. The largest absolute Gasteiger partial charge is 0.508 e. The molecule has 0 aromatic carbocycles. The van der Waals surface area contributed by atoms with Crippen molar-refractivity contribution in [3.05, 3.63) is 0 Å². The van der Waals surface area contributed by atoms with Crippen molar-refractivity contribution in [3.8, 4) is 0 Å². The van der Waals surface area contributed by atoms with E-state index in [1.165, 1.54) is 58.8 Å². The normalized spacial score (nSPS) is 23.6. The van der Waals surface area contributed by atoms with Gasteiger partial charge in [-0.25, -0.2) is 4.79 Å². The quantitative estimate of drug-likeness (QED) is 0.570. The summed E-state index contributed by atoms with van der Waals surface area (Å²) < 4.78 is 9.25. The Labute approximate surface area is 134 Å². The van der Waals surface area contributed by atoms with Gasteiger partial charge >= 0.3 is 6.16 Å². The monoisotopic (exact) mass is 313 g/mol. The Balaban J connectivity index is 1.56. The molecule has 0 radical (unpaired) electrons. The Hall–Kier alpha value is -0.850. The molecule has 2 heterocycles. The van der Waals surface area contributed by atoms with Gasteiger partial charge in [-0.05, 0) is 38.8 Å². The van der Waals surface area contributed by atoms with Crippen LogP contribution in [0.1, 0.15) is 38.5 Å². The number of hydrogen-bond acceptors (Lipinski definition) is 6. The smallest absolute Gasteiger partial charge is 0.438 e.